The quantitative estimate of drug-likeness (QED) is 0.656. The minimum Gasteiger partial charge on any atom is -0.507 e. The van der Waals surface area contributed by atoms with E-state index in [1.54, 1.807) is 18.2 Å². The van der Waals surface area contributed by atoms with Gasteiger partial charge in [0.1, 0.15) is 11.4 Å². The highest BCUT2D eigenvalue weighted by atomic mass is 16.4. The molecule has 4 N–H and O–H groups in total. The average molecular weight is 372 g/mol. The van der Waals surface area contributed by atoms with Crippen LogP contribution in [0.15, 0.2) is 30.3 Å². The first-order chi connectivity index (χ1) is 12.5. The molecule has 0 aromatic heterocycles. The molecule has 1 aliphatic carbocycles. The molecular formula is C21H24O6. The van der Waals surface area contributed by atoms with Crippen molar-refractivity contribution in [1.82, 2.24) is 0 Å². The van der Waals surface area contributed by atoms with Crippen molar-refractivity contribution < 1.29 is 30.0 Å². The summed E-state index contributed by atoms with van der Waals surface area (Å²) < 4.78 is 0. The molecule has 144 valence electrons. The molecule has 0 saturated heterocycles. The molecule has 27 heavy (non-hydrogen) atoms. The lowest BCUT2D eigenvalue weighted by Crippen LogP contribution is -2.65. The van der Waals surface area contributed by atoms with Crippen molar-refractivity contribution in [2.24, 2.45) is 11.8 Å². The van der Waals surface area contributed by atoms with E-state index < -0.39 is 28.9 Å². The van der Waals surface area contributed by atoms with Gasteiger partial charge in [0.2, 0.25) is 5.60 Å². The number of fused-ring (bicyclic) bond motifs is 2. The van der Waals surface area contributed by atoms with Gasteiger partial charge in [0.05, 0.1) is 5.92 Å². The van der Waals surface area contributed by atoms with E-state index in [9.17, 15) is 30.0 Å². The fraction of sp³-hybridized carbons (Fsp3) is 0.429. The number of phenolic OH excluding ortho intramolecular Hbond substituents is 1. The van der Waals surface area contributed by atoms with Gasteiger partial charge < -0.3 is 20.4 Å². The number of aliphatic carboxylic acids is 1. The molecule has 1 aliphatic rings. The van der Waals surface area contributed by atoms with Crippen molar-refractivity contribution in [1.29, 1.82) is 0 Å². The van der Waals surface area contributed by atoms with Crippen molar-refractivity contribution in [3.63, 3.8) is 0 Å². The Morgan fingerprint density at radius 2 is 1.89 bits per heavy atom. The molecule has 0 heterocycles. The second-order valence-electron chi connectivity index (χ2n) is 7.85. The third-order valence-corrected chi connectivity index (χ3v) is 5.77. The average Bonchev–Trinajstić information content (AvgIpc) is 2.62. The van der Waals surface area contributed by atoms with E-state index in [4.69, 9.17) is 0 Å². The molecule has 0 amide bonds. The van der Waals surface area contributed by atoms with Crippen LogP contribution in [0.1, 0.15) is 49.5 Å². The van der Waals surface area contributed by atoms with Gasteiger partial charge in [-0.1, -0.05) is 32.9 Å². The largest absolute Gasteiger partial charge is 0.507 e. The number of carbonyl (C=O) groups excluding carboxylic acids is 1. The minimum atomic E-state index is -2.66. The number of Topliss-reactive ketones (excluding diaryl/α,β-unsaturated/α-hetero) is 1. The van der Waals surface area contributed by atoms with E-state index in [1.807, 2.05) is 13.8 Å². The van der Waals surface area contributed by atoms with Crippen LogP contribution in [0.2, 0.25) is 0 Å². The van der Waals surface area contributed by atoms with Crippen LogP contribution in [0, 0.1) is 11.8 Å². The molecule has 6 nitrogen and oxygen atoms in total. The Kier molecular flexibility index (Phi) is 4.52. The number of aliphatic hydroxyl groups is 2. The normalized spacial score (nSPS) is 27.8. The summed E-state index contributed by atoms with van der Waals surface area (Å²) in [6.07, 6.45) is 0.419. The highest BCUT2D eigenvalue weighted by molar-refractivity contribution is 6.08. The van der Waals surface area contributed by atoms with Crippen LogP contribution in [0.4, 0.5) is 0 Å². The number of carboxylic acids is 1. The number of benzene rings is 2. The molecule has 0 bridgehead atoms. The number of hydrogen-bond acceptors (Lipinski definition) is 5. The van der Waals surface area contributed by atoms with Gasteiger partial charge in [-0.15, -0.1) is 0 Å². The molecule has 0 radical (unpaired) electrons. The third kappa shape index (κ3) is 2.63. The van der Waals surface area contributed by atoms with Gasteiger partial charge >= 0.3 is 5.97 Å². The summed E-state index contributed by atoms with van der Waals surface area (Å²) in [6.45, 7) is 5.17. The summed E-state index contributed by atoms with van der Waals surface area (Å²) in [6, 6.07) is 7.80. The Morgan fingerprint density at radius 1 is 1.22 bits per heavy atom. The molecular weight excluding hydrogens is 348 g/mol. The van der Waals surface area contributed by atoms with Crippen molar-refractivity contribution in [2.75, 3.05) is 0 Å². The van der Waals surface area contributed by atoms with Crippen LogP contribution in [0.5, 0.6) is 5.75 Å². The van der Waals surface area contributed by atoms with Crippen molar-refractivity contribution in [3.8, 4) is 5.75 Å². The SMILES string of the molecule is CC(C)CC[C@@]1(O)c2cc3c(O)cccc3cc2C(=O)[C@H](C)[C@]1(O)C(=O)O. The molecule has 3 rings (SSSR count). The summed E-state index contributed by atoms with van der Waals surface area (Å²) in [7, 11) is 0. The maximum absolute atomic E-state index is 12.9. The van der Waals surface area contributed by atoms with Gasteiger partial charge in [-0.2, -0.15) is 0 Å². The highest BCUT2D eigenvalue weighted by Gasteiger charge is 2.64. The van der Waals surface area contributed by atoms with Gasteiger partial charge in [-0.05, 0) is 47.9 Å². The lowest BCUT2D eigenvalue weighted by atomic mass is 9.60. The topological polar surface area (TPSA) is 115 Å². The van der Waals surface area contributed by atoms with E-state index in [-0.39, 0.29) is 29.2 Å². The smallest absolute Gasteiger partial charge is 0.339 e. The van der Waals surface area contributed by atoms with Crippen molar-refractivity contribution >= 4 is 22.5 Å². The van der Waals surface area contributed by atoms with E-state index in [2.05, 4.69) is 0 Å². The van der Waals surface area contributed by atoms with Gasteiger partial charge in [-0.25, -0.2) is 4.79 Å². The van der Waals surface area contributed by atoms with Crippen LogP contribution in [0.3, 0.4) is 0 Å². The molecule has 3 atom stereocenters. The number of phenols is 1. The number of carbonyl (C=O) groups is 2. The van der Waals surface area contributed by atoms with Gasteiger partial charge in [-0.3, -0.25) is 4.79 Å². The molecule has 0 saturated carbocycles. The summed E-state index contributed by atoms with van der Waals surface area (Å²) in [4.78, 5) is 24.9. The molecule has 0 aliphatic heterocycles. The molecule has 6 heteroatoms. The minimum absolute atomic E-state index is 0.0306. The number of ketones is 1. The van der Waals surface area contributed by atoms with Crippen molar-refractivity contribution in [3.05, 3.63) is 41.5 Å². The standard InChI is InChI=1S/C21H24O6/c1-11(2)7-8-20(26)16-10-14-13(5-4-6-17(14)22)9-15(16)18(23)12(3)21(20,27)19(24)25/h4-6,9-12,22,26-27H,7-8H2,1-3H3,(H,24,25)/t12-,20+,21-/m0/s1. The number of aromatic hydroxyl groups is 1. The fourth-order valence-electron chi connectivity index (χ4n) is 4.03. The second kappa shape index (κ2) is 6.32. The summed E-state index contributed by atoms with van der Waals surface area (Å²) >= 11 is 0. The number of rotatable bonds is 4. The number of carboxylic acid groups (broad SMARTS) is 1. The van der Waals surface area contributed by atoms with Gasteiger partial charge in [0.25, 0.3) is 0 Å². The van der Waals surface area contributed by atoms with Gasteiger partial charge in [0, 0.05) is 10.9 Å². The lowest BCUT2D eigenvalue weighted by molar-refractivity contribution is -0.210. The van der Waals surface area contributed by atoms with Crippen LogP contribution in [-0.4, -0.2) is 37.8 Å². The Morgan fingerprint density at radius 3 is 2.48 bits per heavy atom. The zero-order chi connectivity index (χ0) is 20.1. The van der Waals surface area contributed by atoms with Crippen molar-refractivity contribution in [2.45, 2.75) is 44.8 Å². The Labute approximate surface area is 157 Å². The zero-order valence-electron chi connectivity index (χ0n) is 15.6. The molecule has 0 fully saturated rings. The van der Waals surface area contributed by atoms with Gasteiger partial charge in [0.15, 0.2) is 5.78 Å². The maximum Gasteiger partial charge on any atom is 0.339 e. The first-order valence-corrected chi connectivity index (χ1v) is 9.02. The predicted octanol–water partition coefficient (Wildman–Crippen LogP) is 2.82. The molecule has 0 unspecified atom stereocenters. The van der Waals surface area contributed by atoms with Crippen LogP contribution >= 0.6 is 0 Å². The summed E-state index contributed by atoms with van der Waals surface area (Å²) in [5.74, 6) is -3.41. The Balaban J connectivity index is 2.37. The zero-order valence-corrected chi connectivity index (χ0v) is 15.6. The molecule has 2 aromatic carbocycles. The predicted molar refractivity (Wildman–Crippen MR) is 99.7 cm³/mol. The Bertz CT molecular complexity index is 934. The monoisotopic (exact) mass is 372 g/mol. The van der Waals surface area contributed by atoms with Crippen LogP contribution < -0.4 is 0 Å². The molecule has 0 spiro atoms. The maximum atomic E-state index is 12.9. The highest BCUT2D eigenvalue weighted by Crippen LogP contribution is 2.50. The third-order valence-electron chi connectivity index (χ3n) is 5.77. The summed E-state index contributed by atoms with van der Waals surface area (Å²) in [5, 5.41) is 43.5. The van der Waals surface area contributed by atoms with E-state index in [0.717, 1.165) is 0 Å². The fourth-order valence-corrected chi connectivity index (χ4v) is 4.03. The molecule has 2 aromatic rings. The summed E-state index contributed by atoms with van der Waals surface area (Å²) in [5.41, 5.74) is -4.60. The van der Waals surface area contributed by atoms with Crippen LogP contribution in [-0.2, 0) is 10.4 Å². The van der Waals surface area contributed by atoms with E-state index in [0.29, 0.717) is 17.2 Å². The number of hydrogen-bond donors (Lipinski definition) is 4. The Hall–Kier alpha value is -2.44. The van der Waals surface area contributed by atoms with E-state index in [1.165, 1.54) is 19.1 Å². The first-order valence-electron chi connectivity index (χ1n) is 9.02. The first kappa shape index (κ1) is 19.3. The van der Waals surface area contributed by atoms with E-state index >= 15 is 0 Å². The second-order valence-corrected chi connectivity index (χ2v) is 7.85. The van der Waals surface area contributed by atoms with Crippen LogP contribution in [0.25, 0.3) is 10.8 Å². The lowest BCUT2D eigenvalue weighted by Gasteiger charge is -2.48.